The fraction of sp³-hybridized carbons (Fsp3) is 0.465. The SMILES string of the molecule is CCC1=Nn2c(nnc2C(C)NS(=O)Oc2cc(NS(=O)Oc3cc(C(C)(C)CC(C)(C)C)ccc3OCC(=O)O)ccc2C)C1=Nc1ccc(N(CC)CCNS(C)(=O)=O)cc1C. The van der Waals surface area contributed by atoms with E-state index < -0.39 is 51.2 Å². The number of aromatic nitrogens is 3. The molecule has 1 aliphatic heterocycles. The van der Waals surface area contributed by atoms with Gasteiger partial charge in [-0.1, -0.05) is 53.7 Å². The first kappa shape index (κ1) is 49.8. The van der Waals surface area contributed by atoms with Crippen molar-refractivity contribution in [2.24, 2.45) is 15.5 Å². The van der Waals surface area contributed by atoms with Crippen molar-refractivity contribution in [2.45, 2.75) is 93.5 Å². The fourth-order valence-corrected chi connectivity index (χ4v) is 9.21. The Morgan fingerprint density at radius 3 is 2.30 bits per heavy atom. The molecule has 1 aliphatic rings. The van der Waals surface area contributed by atoms with Crippen LogP contribution in [0.25, 0.3) is 0 Å². The summed E-state index contributed by atoms with van der Waals surface area (Å²) in [5.74, 6) is 0.102. The molecule has 3 unspecified atom stereocenters. The number of carboxylic acid groups (broad SMARTS) is 1. The van der Waals surface area contributed by atoms with Crippen molar-refractivity contribution in [3.05, 3.63) is 82.9 Å². The Labute approximate surface area is 380 Å². The molecule has 0 saturated carbocycles. The zero-order chi connectivity index (χ0) is 47.1. The maximum atomic E-state index is 13.4. The lowest BCUT2D eigenvalue weighted by atomic mass is 9.72. The minimum absolute atomic E-state index is 0.0123. The number of rotatable bonds is 22. The molecule has 2 heterocycles. The van der Waals surface area contributed by atoms with Crippen molar-refractivity contribution in [1.29, 1.82) is 0 Å². The average molecular weight is 942 g/mol. The van der Waals surface area contributed by atoms with Crippen LogP contribution < -0.4 is 32.2 Å². The number of anilines is 2. The first-order chi connectivity index (χ1) is 30.0. The number of nitrogens with one attached hydrogen (secondary N) is 3. The van der Waals surface area contributed by atoms with Crippen LogP contribution in [0.2, 0.25) is 0 Å². The van der Waals surface area contributed by atoms with Crippen LogP contribution in [0.4, 0.5) is 17.1 Å². The molecule has 0 amide bonds. The van der Waals surface area contributed by atoms with Gasteiger partial charge in [-0.3, -0.25) is 4.72 Å². The predicted molar refractivity (Wildman–Crippen MR) is 252 cm³/mol. The van der Waals surface area contributed by atoms with E-state index in [2.05, 4.69) is 63.9 Å². The van der Waals surface area contributed by atoms with Gasteiger partial charge in [-0.2, -0.15) is 22.9 Å². The molecule has 4 aromatic rings. The average Bonchev–Trinajstić information content (AvgIpc) is 3.76. The summed E-state index contributed by atoms with van der Waals surface area (Å²) in [5.41, 5.74) is 5.41. The molecule has 0 radical (unpaired) electrons. The summed E-state index contributed by atoms with van der Waals surface area (Å²) >= 11 is -4.26. The first-order valence-corrected chi connectivity index (χ1v) is 24.8. The maximum absolute atomic E-state index is 13.4. The molecule has 0 aliphatic carbocycles. The number of aliphatic imine (C=N–C) groups is 1. The Balaban J connectivity index is 1.27. The van der Waals surface area contributed by atoms with E-state index >= 15 is 0 Å². The van der Waals surface area contributed by atoms with E-state index in [4.69, 9.17) is 23.2 Å². The molecule has 18 nitrogen and oxygen atoms in total. The molecule has 3 atom stereocenters. The number of ether oxygens (including phenoxy) is 1. The van der Waals surface area contributed by atoms with E-state index in [0.717, 1.165) is 29.5 Å². The van der Waals surface area contributed by atoms with Crippen molar-refractivity contribution in [3.63, 3.8) is 0 Å². The lowest BCUT2D eigenvalue weighted by Crippen LogP contribution is -2.34. The van der Waals surface area contributed by atoms with Crippen molar-refractivity contribution in [2.75, 3.05) is 42.1 Å². The second kappa shape index (κ2) is 20.7. The number of carbonyl (C=O) groups is 1. The van der Waals surface area contributed by atoms with Gasteiger partial charge in [0, 0.05) is 31.4 Å². The summed E-state index contributed by atoms with van der Waals surface area (Å²) in [7, 11) is -3.29. The molecule has 21 heteroatoms. The molecule has 4 N–H and O–H groups in total. The summed E-state index contributed by atoms with van der Waals surface area (Å²) in [6, 6.07) is 15.3. The predicted octanol–water partition coefficient (Wildman–Crippen LogP) is 6.57. The summed E-state index contributed by atoms with van der Waals surface area (Å²) in [6.07, 6.45) is 2.53. The van der Waals surface area contributed by atoms with Gasteiger partial charge in [-0.25, -0.2) is 22.9 Å². The van der Waals surface area contributed by atoms with Crippen LogP contribution in [-0.2, 0) is 42.8 Å². The normalized spacial score (nSPS) is 15.0. The molecule has 1 aromatic heterocycles. The number of sulfonamides is 1. The van der Waals surface area contributed by atoms with Gasteiger partial charge >= 0.3 is 17.2 Å². The highest BCUT2D eigenvalue weighted by molar-refractivity contribution is 7.88. The van der Waals surface area contributed by atoms with Crippen molar-refractivity contribution < 1.29 is 39.8 Å². The molecule has 5 rings (SSSR count). The summed E-state index contributed by atoms with van der Waals surface area (Å²) in [6.45, 7) is 20.9. The Kier molecular flexibility index (Phi) is 16.1. The maximum Gasteiger partial charge on any atom is 0.341 e. The van der Waals surface area contributed by atoms with Crippen LogP contribution in [-0.4, -0.2) is 86.7 Å². The highest BCUT2D eigenvalue weighted by atomic mass is 32.2. The van der Waals surface area contributed by atoms with Crippen LogP contribution in [0.1, 0.15) is 103 Å². The van der Waals surface area contributed by atoms with Gasteiger partial charge in [0.15, 0.2) is 23.9 Å². The quantitative estimate of drug-likeness (QED) is 0.0656. The largest absolute Gasteiger partial charge is 0.479 e. The fourth-order valence-electron chi connectivity index (χ4n) is 7.31. The van der Waals surface area contributed by atoms with Gasteiger partial charge in [0.25, 0.3) is 11.3 Å². The second-order valence-corrected chi connectivity index (χ2v) is 20.8. The van der Waals surface area contributed by atoms with Gasteiger partial charge < -0.3 is 23.1 Å². The summed E-state index contributed by atoms with van der Waals surface area (Å²) in [4.78, 5) is 18.3. The molecule has 64 heavy (non-hydrogen) atoms. The van der Waals surface area contributed by atoms with E-state index in [1.165, 1.54) is 6.07 Å². The van der Waals surface area contributed by atoms with E-state index in [1.54, 1.807) is 42.8 Å². The Hall–Kier alpha value is -5.22. The highest BCUT2D eigenvalue weighted by Gasteiger charge is 2.31. The monoisotopic (exact) mass is 941 g/mol. The number of hydrogen-bond acceptors (Lipinski definition) is 13. The molecular weight excluding hydrogens is 883 g/mol. The number of nitrogens with zero attached hydrogens (tertiary/aromatic N) is 6. The zero-order valence-electron chi connectivity index (χ0n) is 38.1. The molecular formula is C43H59N9O9S3. The minimum Gasteiger partial charge on any atom is -0.479 e. The Bertz CT molecular complexity index is 2570. The minimum atomic E-state index is -3.29. The van der Waals surface area contributed by atoms with Crippen molar-refractivity contribution in [3.8, 4) is 17.2 Å². The number of benzene rings is 3. The van der Waals surface area contributed by atoms with Crippen LogP contribution >= 0.6 is 0 Å². The topological polar surface area (TPSA) is 228 Å². The first-order valence-electron chi connectivity index (χ1n) is 20.7. The summed E-state index contributed by atoms with van der Waals surface area (Å²) in [5, 5.41) is 22.7. The second-order valence-electron chi connectivity index (χ2n) is 17.3. The lowest BCUT2D eigenvalue weighted by Gasteiger charge is -2.33. The third-order valence-electron chi connectivity index (χ3n) is 10.0. The number of aryl methyl sites for hydroxylation is 2. The number of fused-ring (bicyclic) bond motifs is 1. The zero-order valence-corrected chi connectivity index (χ0v) is 40.6. The summed E-state index contributed by atoms with van der Waals surface area (Å²) < 4.78 is 76.8. The number of likely N-dealkylation sites (N-methyl/N-ethyl adjacent to an activating group) is 1. The highest BCUT2D eigenvalue weighted by Crippen LogP contribution is 2.40. The molecule has 0 saturated heterocycles. The number of hydrogen-bond donors (Lipinski definition) is 4. The van der Waals surface area contributed by atoms with Gasteiger partial charge in [0.05, 0.1) is 29.4 Å². The van der Waals surface area contributed by atoms with Crippen LogP contribution in [0.15, 0.2) is 64.7 Å². The molecule has 0 bridgehead atoms. The van der Waals surface area contributed by atoms with Crippen LogP contribution in [0.5, 0.6) is 17.2 Å². The van der Waals surface area contributed by atoms with Gasteiger partial charge in [-0.15, -0.1) is 10.2 Å². The van der Waals surface area contributed by atoms with E-state index in [0.29, 0.717) is 59.5 Å². The van der Waals surface area contributed by atoms with Gasteiger partial charge in [-0.05, 0) is 104 Å². The van der Waals surface area contributed by atoms with E-state index in [9.17, 15) is 26.7 Å². The Morgan fingerprint density at radius 2 is 1.66 bits per heavy atom. The van der Waals surface area contributed by atoms with Crippen LogP contribution in [0, 0.1) is 19.3 Å². The van der Waals surface area contributed by atoms with E-state index in [1.807, 2.05) is 45.0 Å². The smallest absolute Gasteiger partial charge is 0.341 e. The van der Waals surface area contributed by atoms with Crippen molar-refractivity contribution >= 4 is 67.0 Å². The molecule has 3 aromatic carbocycles. The third-order valence-corrected chi connectivity index (χ3v) is 12.4. The number of carboxylic acids is 1. The number of aliphatic carboxylic acids is 1. The standard InChI is InChI=1S/C43H59N9O9S3/c1-12-33-39(45-34-18-17-32(22-28(34)4)51(13-2)21-20-44-64(11,57)58)41-47-46-40(52(41)48-33)29(5)49-62(55)60-36-24-31(16-14-27(36)3)50-63(56)61-37-23-30(43(9,10)26-42(6,7)8)15-19-35(37)59-25-38(53)54/h14-19,22-24,29,44,49-50H,12-13,20-21,25-26H2,1-11H3,(H,53,54). The molecule has 0 spiro atoms. The Morgan fingerprint density at radius 1 is 0.938 bits per heavy atom. The van der Waals surface area contributed by atoms with Crippen LogP contribution in [0.3, 0.4) is 0 Å². The van der Waals surface area contributed by atoms with E-state index in [-0.39, 0.29) is 34.6 Å². The molecule has 348 valence electrons. The third kappa shape index (κ3) is 13.4. The van der Waals surface area contributed by atoms with Gasteiger partial charge in [0.1, 0.15) is 11.5 Å². The van der Waals surface area contributed by atoms with Crippen molar-refractivity contribution in [1.82, 2.24) is 24.3 Å². The van der Waals surface area contributed by atoms with Gasteiger partial charge in [0.2, 0.25) is 15.8 Å². The molecule has 0 fully saturated rings. The lowest BCUT2D eigenvalue weighted by molar-refractivity contribution is -0.139.